The third kappa shape index (κ3) is 4.37. The van der Waals surface area contributed by atoms with Crippen LogP contribution in [0.4, 0.5) is 0 Å². The normalized spacial score (nSPS) is 18.9. The number of nitrogens with zero attached hydrogens (tertiary/aromatic N) is 2. The first-order valence-corrected chi connectivity index (χ1v) is 7.98. The molecule has 2 rings (SSSR count). The molecule has 1 heterocycles. The van der Waals surface area contributed by atoms with E-state index in [9.17, 15) is 0 Å². The highest BCUT2D eigenvalue weighted by Crippen LogP contribution is 2.24. The smallest absolute Gasteiger partial charge is 0.119 e. The van der Waals surface area contributed by atoms with Crippen LogP contribution >= 0.6 is 11.6 Å². The lowest BCUT2D eigenvalue weighted by molar-refractivity contribution is 0.137. The Bertz CT molecular complexity index is 388. The molecule has 0 saturated carbocycles. The fourth-order valence-corrected chi connectivity index (χ4v) is 2.90. The van der Waals surface area contributed by atoms with Crippen molar-refractivity contribution in [3.8, 4) is 5.75 Å². The lowest BCUT2D eigenvalue weighted by Gasteiger charge is -2.35. The van der Waals surface area contributed by atoms with Gasteiger partial charge in [-0.05, 0) is 31.2 Å². The summed E-state index contributed by atoms with van der Waals surface area (Å²) in [6.45, 7) is 11.5. The summed E-state index contributed by atoms with van der Waals surface area (Å²) in [7, 11) is 0. The molecule has 3 nitrogen and oxygen atoms in total. The second kappa shape index (κ2) is 7.87. The van der Waals surface area contributed by atoms with E-state index in [1.165, 1.54) is 5.56 Å². The van der Waals surface area contributed by atoms with Gasteiger partial charge >= 0.3 is 0 Å². The minimum Gasteiger partial charge on any atom is -0.494 e. The van der Waals surface area contributed by atoms with Gasteiger partial charge in [-0.1, -0.05) is 19.1 Å². The molecule has 4 heteroatoms. The van der Waals surface area contributed by atoms with Crippen molar-refractivity contribution in [3.05, 3.63) is 29.8 Å². The number of likely N-dealkylation sites (N-methyl/N-ethyl adjacent to an activating group) is 1. The molecule has 0 aliphatic carbocycles. The summed E-state index contributed by atoms with van der Waals surface area (Å²) in [4.78, 5) is 4.94. The molecule has 112 valence electrons. The highest BCUT2D eigenvalue weighted by Gasteiger charge is 2.19. The average Bonchev–Trinajstić information content (AvgIpc) is 2.49. The maximum atomic E-state index is 6.54. The minimum atomic E-state index is 0.0545. The van der Waals surface area contributed by atoms with E-state index in [1.807, 2.05) is 19.1 Å². The van der Waals surface area contributed by atoms with E-state index in [2.05, 4.69) is 28.9 Å². The van der Waals surface area contributed by atoms with Gasteiger partial charge in [-0.25, -0.2) is 0 Å². The van der Waals surface area contributed by atoms with Gasteiger partial charge in [0.15, 0.2) is 0 Å². The summed E-state index contributed by atoms with van der Waals surface area (Å²) >= 11 is 6.54. The molecule has 0 N–H and O–H groups in total. The van der Waals surface area contributed by atoms with Gasteiger partial charge in [0.25, 0.3) is 0 Å². The summed E-state index contributed by atoms with van der Waals surface area (Å²) < 4.78 is 5.46. The van der Waals surface area contributed by atoms with Gasteiger partial charge in [-0.15, -0.1) is 11.6 Å². The Balaban J connectivity index is 1.83. The van der Waals surface area contributed by atoms with E-state index >= 15 is 0 Å². The van der Waals surface area contributed by atoms with E-state index < -0.39 is 0 Å². The van der Waals surface area contributed by atoms with Crippen LogP contribution in [0.3, 0.4) is 0 Å². The lowest BCUT2D eigenvalue weighted by Crippen LogP contribution is -2.46. The summed E-state index contributed by atoms with van der Waals surface area (Å²) in [5.41, 5.74) is 1.17. The summed E-state index contributed by atoms with van der Waals surface area (Å²) in [6, 6.07) is 8.16. The molecule has 0 aromatic heterocycles. The quantitative estimate of drug-likeness (QED) is 0.751. The van der Waals surface area contributed by atoms with Gasteiger partial charge in [0, 0.05) is 32.7 Å². The first-order chi connectivity index (χ1) is 9.72. The van der Waals surface area contributed by atoms with Crippen LogP contribution in [0.15, 0.2) is 24.3 Å². The number of halogens is 1. The number of hydrogen-bond donors (Lipinski definition) is 0. The topological polar surface area (TPSA) is 15.7 Å². The van der Waals surface area contributed by atoms with Crippen molar-refractivity contribution in [2.24, 2.45) is 0 Å². The average molecular weight is 297 g/mol. The maximum Gasteiger partial charge on any atom is 0.119 e. The van der Waals surface area contributed by atoms with Crippen LogP contribution in [-0.2, 0) is 0 Å². The van der Waals surface area contributed by atoms with Crippen LogP contribution in [0.25, 0.3) is 0 Å². The minimum absolute atomic E-state index is 0.0545. The third-order valence-electron chi connectivity index (χ3n) is 3.88. The zero-order valence-electron chi connectivity index (χ0n) is 12.5. The fraction of sp³-hybridized carbons (Fsp3) is 0.625. The monoisotopic (exact) mass is 296 g/mol. The molecule has 1 aliphatic heterocycles. The second-order valence-corrected chi connectivity index (χ2v) is 5.73. The van der Waals surface area contributed by atoms with E-state index in [0.29, 0.717) is 6.61 Å². The molecule has 1 fully saturated rings. The molecule has 1 saturated heterocycles. The van der Waals surface area contributed by atoms with Gasteiger partial charge < -0.3 is 9.64 Å². The SMILES string of the molecule is CCOc1ccc(C(Cl)CN2CCN(CC)CC2)cc1. The fourth-order valence-electron chi connectivity index (χ4n) is 2.56. The molecule has 0 radical (unpaired) electrons. The van der Waals surface area contributed by atoms with Crippen LogP contribution in [0.2, 0.25) is 0 Å². The van der Waals surface area contributed by atoms with Crippen LogP contribution < -0.4 is 4.74 Å². The highest BCUT2D eigenvalue weighted by atomic mass is 35.5. The van der Waals surface area contributed by atoms with Crippen molar-refractivity contribution < 1.29 is 4.74 Å². The maximum absolute atomic E-state index is 6.54. The zero-order valence-corrected chi connectivity index (χ0v) is 13.3. The molecule has 1 aliphatic rings. The van der Waals surface area contributed by atoms with Gasteiger partial charge in [0.05, 0.1) is 12.0 Å². The number of alkyl halides is 1. The Morgan fingerprint density at radius 1 is 1.05 bits per heavy atom. The van der Waals surface area contributed by atoms with E-state index in [0.717, 1.165) is 45.0 Å². The van der Waals surface area contributed by atoms with Gasteiger partial charge in [0.1, 0.15) is 5.75 Å². The Kier molecular flexibility index (Phi) is 6.14. The van der Waals surface area contributed by atoms with Crippen molar-refractivity contribution in [1.29, 1.82) is 0 Å². The summed E-state index contributed by atoms with van der Waals surface area (Å²) in [5.74, 6) is 0.914. The molecule has 1 unspecified atom stereocenters. The van der Waals surface area contributed by atoms with Crippen molar-refractivity contribution in [1.82, 2.24) is 9.80 Å². The second-order valence-electron chi connectivity index (χ2n) is 5.20. The molecule has 1 aromatic rings. The molecule has 1 aromatic carbocycles. The first-order valence-electron chi connectivity index (χ1n) is 7.54. The van der Waals surface area contributed by atoms with Gasteiger partial charge in [0.2, 0.25) is 0 Å². The van der Waals surface area contributed by atoms with Crippen molar-refractivity contribution in [2.75, 3.05) is 45.9 Å². The predicted molar refractivity (Wildman–Crippen MR) is 84.8 cm³/mol. The van der Waals surface area contributed by atoms with Crippen molar-refractivity contribution >= 4 is 11.6 Å². The Morgan fingerprint density at radius 2 is 1.65 bits per heavy atom. The Hall–Kier alpha value is -0.770. The molecular formula is C16H25ClN2O. The zero-order chi connectivity index (χ0) is 14.4. The molecule has 0 spiro atoms. The predicted octanol–water partition coefficient (Wildman–Crippen LogP) is 3.00. The van der Waals surface area contributed by atoms with Crippen LogP contribution in [-0.4, -0.2) is 55.7 Å². The summed E-state index contributed by atoms with van der Waals surface area (Å²) in [6.07, 6.45) is 0. The van der Waals surface area contributed by atoms with E-state index in [4.69, 9.17) is 16.3 Å². The number of hydrogen-bond acceptors (Lipinski definition) is 3. The number of piperazine rings is 1. The molecule has 0 bridgehead atoms. The summed E-state index contributed by atoms with van der Waals surface area (Å²) in [5, 5.41) is 0.0545. The van der Waals surface area contributed by atoms with Crippen LogP contribution in [0.1, 0.15) is 24.8 Å². The largest absolute Gasteiger partial charge is 0.494 e. The van der Waals surface area contributed by atoms with Crippen LogP contribution in [0.5, 0.6) is 5.75 Å². The van der Waals surface area contributed by atoms with Gasteiger partial charge in [-0.2, -0.15) is 0 Å². The molecule has 1 atom stereocenters. The van der Waals surface area contributed by atoms with Crippen molar-refractivity contribution in [3.63, 3.8) is 0 Å². The standard InChI is InChI=1S/C16H25ClN2O/c1-3-18-9-11-19(12-10-18)13-16(17)14-5-7-15(8-6-14)20-4-2/h5-8,16H,3-4,9-13H2,1-2H3. The lowest BCUT2D eigenvalue weighted by atomic mass is 10.1. The number of ether oxygens (including phenoxy) is 1. The van der Waals surface area contributed by atoms with Crippen LogP contribution in [0, 0.1) is 0 Å². The molecule has 20 heavy (non-hydrogen) atoms. The third-order valence-corrected chi connectivity index (χ3v) is 4.27. The number of rotatable bonds is 6. The highest BCUT2D eigenvalue weighted by molar-refractivity contribution is 6.21. The molecule has 0 amide bonds. The van der Waals surface area contributed by atoms with Crippen molar-refractivity contribution in [2.45, 2.75) is 19.2 Å². The Labute approximate surface area is 127 Å². The van der Waals surface area contributed by atoms with Gasteiger partial charge in [-0.3, -0.25) is 4.90 Å². The van der Waals surface area contributed by atoms with E-state index in [1.54, 1.807) is 0 Å². The van der Waals surface area contributed by atoms with E-state index in [-0.39, 0.29) is 5.38 Å². The molecular weight excluding hydrogens is 272 g/mol. The first kappa shape index (κ1) is 15.6. The number of benzene rings is 1. The Morgan fingerprint density at radius 3 is 2.20 bits per heavy atom.